The number of aromatic nitrogens is 3. The summed E-state index contributed by atoms with van der Waals surface area (Å²) < 4.78 is 5.44. The molecule has 1 N–H and O–H groups in total. The van der Waals surface area contributed by atoms with Gasteiger partial charge in [0.15, 0.2) is 0 Å². The van der Waals surface area contributed by atoms with Crippen molar-refractivity contribution < 1.29 is 4.74 Å². The molecule has 7 nitrogen and oxygen atoms in total. The normalized spacial score (nSPS) is 10.0. The van der Waals surface area contributed by atoms with Gasteiger partial charge in [-0.1, -0.05) is 0 Å². The molecule has 128 valence electrons. The van der Waals surface area contributed by atoms with Crippen LogP contribution in [0.2, 0.25) is 0 Å². The molecule has 3 rings (SSSR count). The second-order valence-corrected chi connectivity index (χ2v) is 5.50. The third-order valence-corrected chi connectivity index (χ3v) is 3.72. The Hall–Kier alpha value is -3.84. The third-order valence-electron chi connectivity index (χ3n) is 3.72. The SMILES string of the molecule is CCOc1ccc(-n2nc3cc(C)c(NC=C(C#N)C#N)cc3n2)cc1. The first-order valence-corrected chi connectivity index (χ1v) is 8.02. The van der Waals surface area contributed by atoms with E-state index in [1.165, 1.54) is 6.20 Å². The van der Waals surface area contributed by atoms with Crippen LogP contribution in [0.5, 0.6) is 5.75 Å². The van der Waals surface area contributed by atoms with E-state index in [1.807, 2.05) is 62.4 Å². The van der Waals surface area contributed by atoms with Gasteiger partial charge in [-0.2, -0.15) is 15.3 Å². The number of nitrogens with one attached hydrogen (secondary N) is 1. The van der Waals surface area contributed by atoms with Crippen molar-refractivity contribution in [2.45, 2.75) is 13.8 Å². The number of aryl methyl sites for hydroxylation is 1. The topological polar surface area (TPSA) is 99.5 Å². The van der Waals surface area contributed by atoms with E-state index in [-0.39, 0.29) is 5.57 Å². The summed E-state index contributed by atoms with van der Waals surface area (Å²) in [6.07, 6.45) is 1.38. The van der Waals surface area contributed by atoms with E-state index in [0.717, 1.165) is 28.2 Å². The highest BCUT2D eigenvalue weighted by atomic mass is 16.5. The van der Waals surface area contributed by atoms with Crippen molar-refractivity contribution in [1.29, 1.82) is 10.5 Å². The Labute approximate surface area is 150 Å². The van der Waals surface area contributed by atoms with Crippen LogP contribution in [0.15, 0.2) is 48.2 Å². The van der Waals surface area contributed by atoms with Gasteiger partial charge in [-0.25, -0.2) is 0 Å². The molecule has 1 heterocycles. The lowest BCUT2D eigenvalue weighted by atomic mass is 10.1. The van der Waals surface area contributed by atoms with E-state index < -0.39 is 0 Å². The molecular weight excluding hydrogens is 328 g/mol. The molecule has 0 fully saturated rings. The van der Waals surface area contributed by atoms with Gasteiger partial charge in [0.05, 0.1) is 12.3 Å². The van der Waals surface area contributed by atoms with Crippen LogP contribution in [0.4, 0.5) is 5.69 Å². The summed E-state index contributed by atoms with van der Waals surface area (Å²) in [7, 11) is 0. The molecule has 3 aromatic rings. The molecule has 0 spiro atoms. The average Bonchev–Trinajstić information content (AvgIpc) is 3.06. The van der Waals surface area contributed by atoms with Gasteiger partial charge in [-0.05, 0) is 55.8 Å². The highest BCUT2D eigenvalue weighted by Crippen LogP contribution is 2.23. The number of fused-ring (bicyclic) bond motifs is 1. The number of allylic oxidation sites excluding steroid dienone is 1. The van der Waals surface area contributed by atoms with Crippen molar-refractivity contribution in [3.05, 3.63) is 53.7 Å². The molecule has 0 aliphatic heterocycles. The number of nitriles is 2. The molecule has 0 saturated heterocycles. The van der Waals surface area contributed by atoms with Gasteiger partial charge in [-0.15, -0.1) is 10.2 Å². The fourth-order valence-electron chi connectivity index (χ4n) is 2.42. The quantitative estimate of drug-likeness (QED) is 0.711. The number of hydrogen-bond acceptors (Lipinski definition) is 6. The van der Waals surface area contributed by atoms with Crippen LogP contribution >= 0.6 is 0 Å². The predicted molar refractivity (Wildman–Crippen MR) is 97.7 cm³/mol. The van der Waals surface area contributed by atoms with Crippen LogP contribution in [0.3, 0.4) is 0 Å². The van der Waals surface area contributed by atoms with Gasteiger partial charge < -0.3 is 10.1 Å². The zero-order valence-corrected chi connectivity index (χ0v) is 14.4. The summed E-state index contributed by atoms with van der Waals surface area (Å²) in [6.45, 7) is 4.48. The van der Waals surface area contributed by atoms with Gasteiger partial charge in [0.25, 0.3) is 0 Å². The van der Waals surface area contributed by atoms with Crippen molar-refractivity contribution in [2.24, 2.45) is 0 Å². The number of nitrogens with zero attached hydrogens (tertiary/aromatic N) is 5. The maximum atomic E-state index is 8.81. The fraction of sp³-hybridized carbons (Fsp3) is 0.158. The third kappa shape index (κ3) is 3.47. The van der Waals surface area contributed by atoms with Crippen LogP contribution in [0.25, 0.3) is 16.7 Å². The molecule has 26 heavy (non-hydrogen) atoms. The van der Waals surface area contributed by atoms with Crippen LogP contribution in [0, 0.1) is 29.6 Å². The van der Waals surface area contributed by atoms with Crippen molar-refractivity contribution in [3.8, 4) is 23.6 Å². The first kappa shape index (κ1) is 17.0. The Balaban J connectivity index is 1.93. The predicted octanol–water partition coefficient (Wildman–Crippen LogP) is 3.47. The number of anilines is 1. The van der Waals surface area contributed by atoms with Crippen LogP contribution < -0.4 is 10.1 Å². The minimum atomic E-state index is 0.00235. The van der Waals surface area contributed by atoms with Gasteiger partial charge in [0.1, 0.15) is 34.5 Å². The number of ether oxygens (including phenoxy) is 1. The summed E-state index contributed by atoms with van der Waals surface area (Å²) in [4.78, 5) is 1.56. The molecule has 0 amide bonds. The monoisotopic (exact) mass is 344 g/mol. The Bertz CT molecular complexity index is 1030. The molecule has 0 unspecified atom stereocenters. The molecule has 0 radical (unpaired) electrons. The molecule has 7 heteroatoms. The van der Waals surface area contributed by atoms with E-state index in [2.05, 4.69) is 15.5 Å². The maximum absolute atomic E-state index is 8.81. The summed E-state index contributed by atoms with van der Waals surface area (Å²) >= 11 is 0. The minimum absolute atomic E-state index is 0.00235. The standard InChI is InChI=1S/C19H16N6O/c1-3-26-16-6-4-15(5-7-16)25-23-18-8-13(2)17(9-19(18)24-25)22-12-14(10-20)11-21/h4-9,12,22H,3H2,1-2H3. The van der Waals surface area contributed by atoms with Crippen LogP contribution in [-0.2, 0) is 0 Å². The molecule has 0 bridgehead atoms. The smallest absolute Gasteiger partial charge is 0.145 e. The van der Waals surface area contributed by atoms with Gasteiger partial charge in [0.2, 0.25) is 0 Å². The van der Waals surface area contributed by atoms with Gasteiger partial charge in [0, 0.05) is 11.9 Å². The Morgan fingerprint density at radius 3 is 2.42 bits per heavy atom. The molecule has 0 aliphatic carbocycles. The van der Waals surface area contributed by atoms with Crippen LogP contribution in [0.1, 0.15) is 12.5 Å². The summed E-state index contributed by atoms with van der Waals surface area (Å²) in [5.74, 6) is 0.799. The molecule has 1 aromatic heterocycles. The van der Waals surface area contributed by atoms with Gasteiger partial charge >= 0.3 is 0 Å². The zero-order chi connectivity index (χ0) is 18.5. The van der Waals surface area contributed by atoms with E-state index in [0.29, 0.717) is 12.1 Å². The first-order valence-electron chi connectivity index (χ1n) is 8.02. The average molecular weight is 344 g/mol. The fourth-order valence-corrected chi connectivity index (χ4v) is 2.42. The van der Waals surface area contributed by atoms with Crippen LogP contribution in [-0.4, -0.2) is 21.6 Å². The van der Waals surface area contributed by atoms with E-state index in [4.69, 9.17) is 15.3 Å². The zero-order valence-electron chi connectivity index (χ0n) is 14.4. The maximum Gasteiger partial charge on any atom is 0.145 e. The molecular formula is C19H16N6O. The molecule has 0 aliphatic rings. The first-order chi connectivity index (χ1) is 12.6. The summed E-state index contributed by atoms with van der Waals surface area (Å²) in [6, 6.07) is 14.9. The Morgan fingerprint density at radius 2 is 1.81 bits per heavy atom. The molecule has 0 saturated carbocycles. The van der Waals surface area contributed by atoms with E-state index >= 15 is 0 Å². The van der Waals surface area contributed by atoms with Crippen molar-refractivity contribution in [2.75, 3.05) is 11.9 Å². The number of rotatable bonds is 5. The van der Waals surface area contributed by atoms with E-state index in [9.17, 15) is 0 Å². The highest BCUT2D eigenvalue weighted by Gasteiger charge is 2.08. The van der Waals surface area contributed by atoms with E-state index in [1.54, 1.807) is 4.80 Å². The lowest BCUT2D eigenvalue weighted by molar-refractivity contribution is 0.340. The Morgan fingerprint density at radius 1 is 1.15 bits per heavy atom. The lowest BCUT2D eigenvalue weighted by Gasteiger charge is -2.04. The van der Waals surface area contributed by atoms with Gasteiger partial charge in [-0.3, -0.25) is 0 Å². The lowest BCUT2D eigenvalue weighted by Crippen LogP contribution is -1.98. The van der Waals surface area contributed by atoms with Crippen molar-refractivity contribution in [3.63, 3.8) is 0 Å². The molecule has 0 atom stereocenters. The number of hydrogen-bond donors (Lipinski definition) is 1. The number of benzene rings is 2. The highest BCUT2D eigenvalue weighted by molar-refractivity contribution is 5.81. The molecule has 2 aromatic carbocycles. The minimum Gasteiger partial charge on any atom is -0.494 e. The van der Waals surface area contributed by atoms with Crippen molar-refractivity contribution in [1.82, 2.24) is 15.0 Å². The summed E-state index contributed by atoms with van der Waals surface area (Å²) in [5.41, 5.74) is 3.99. The second-order valence-electron chi connectivity index (χ2n) is 5.50. The van der Waals surface area contributed by atoms with Crippen molar-refractivity contribution >= 4 is 16.7 Å². The Kier molecular flexibility index (Phi) is 4.82. The summed E-state index contributed by atoms with van der Waals surface area (Å²) in [5, 5.41) is 29.6. The largest absolute Gasteiger partial charge is 0.494 e. The second kappa shape index (κ2) is 7.37.